The molecule has 32 heavy (non-hydrogen) atoms. The zero-order chi connectivity index (χ0) is 22.3. The van der Waals surface area contributed by atoms with Crippen LogP contribution >= 0.6 is 22.7 Å². The van der Waals surface area contributed by atoms with E-state index in [1.54, 1.807) is 7.11 Å². The number of amides is 2. The molecule has 4 rings (SSSR count). The van der Waals surface area contributed by atoms with Crippen molar-refractivity contribution in [1.29, 1.82) is 0 Å². The number of hydrogen-bond acceptors (Lipinski definition) is 8. The summed E-state index contributed by atoms with van der Waals surface area (Å²) >= 11 is 3.05. The van der Waals surface area contributed by atoms with Gasteiger partial charge in [0.1, 0.15) is 5.00 Å². The molecule has 2 N–H and O–H groups in total. The number of aryl methyl sites for hydroxylation is 2. The second kappa shape index (κ2) is 10.8. The number of rotatable bonds is 10. The minimum atomic E-state index is -0.173. The van der Waals surface area contributed by atoms with E-state index in [1.807, 2.05) is 17.5 Å². The molecule has 2 amide bonds. The van der Waals surface area contributed by atoms with Crippen LogP contribution in [0.3, 0.4) is 0 Å². The first-order valence-electron chi connectivity index (χ1n) is 10.7. The van der Waals surface area contributed by atoms with E-state index in [-0.39, 0.29) is 18.2 Å². The highest BCUT2D eigenvalue weighted by Crippen LogP contribution is 2.38. The molecule has 8 nitrogen and oxygen atoms in total. The Kier molecular flexibility index (Phi) is 7.67. The number of aromatic nitrogens is 2. The van der Waals surface area contributed by atoms with Gasteiger partial charge in [-0.2, -0.15) is 4.98 Å². The second-order valence-electron chi connectivity index (χ2n) is 7.55. The highest BCUT2D eigenvalue weighted by atomic mass is 32.1. The van der Waals surface area contributed by atoms with Gasteiger partial charge < -0.3 is 19.9 Å². The number of ether oxygens (including phenoxy) is 1. The predicted octanol–water partition coefficient (Wildman–Crippen LogP) is 4.08. The topological polar surface area (TPSA) is 106 Å². The molecule has 10 heteroatoms. The van der Waals surface area contributed by atoms with E-state index in [1.165, 1.54) is 27.6 Å². The number of carbonyl (C=O) groups is 2. The Morgan fingerprint density at radius 2 is 2.16 bits per heavy atom. The highest BCUT2D eigenvalue weighted by Gasteiger charge is 2.26. The molecule has 0 bridgehead atoms. The third-order valence-electron chi connectivity index (χ3n) is 5.24. The van der Waals surface area contributed by atoms with Crippen molar-refractivity contribution in [3.8, 4) is 10.7 Å². The molecule has 1 aliphatic carbocycles. The van der Waals surface area contributed by atoms with Gasteiger partial charge in [-0.3, -0.25) is 9.59 Å². The van der Waals surface area contributed by atoms with E-state index in [0.717, 1.165) is 42.5 Å². The summed E-state index contributed by atoms with van der Waals surface area (Å²) in [5.41, 5.74) is 1.70. The van der Waals surface area contributed by atoms with Gasteiger partial charge in [0.25, 0.3) is 5.91 Å². The van der Waals surface area contributed by atoms with Crippen molar-refractivity contribution in [1.82, 2.24) is 15.5 Å². The summed E-state index contributed by atoms with van der Waals surface area (Å²) in [5, 5.41) is 12.5. The maximum Gasteiger partial charge on any atom is 0.254 e. The standard InChI is InChI=1S/C22H26N4O4S2/c1-29-12-5-11-23-21(28)19-14-6-2-3-7-15(14)32-22(19)24-17(27)9-10-18-25-20(26-30-18)16-8-4-13-31-16/h4,8,13H,2-3,5-7,9-12H2,1H3,(H,23,28)(H,24,27). The van der Waals surface area contributed by atoms with Crippen molar-refractivity contribution < 1.29 is 18.8 Å². The summed E-state index contributed by atoms with van der Waals surface area (Å²) in [6.07, 6.45) is 5.28. The van der Waals surface area contributed by atoms with Crippen molar-refractivity contribution in [3.63, 3.8) is 0 Å². The van der Waals surface area contributed by atoms with Gasteiger partial charge in [0, 0.05) is 38.0 Å². The van der Waals surface area contributed by atoms with Gasteiger partial charge in [0.15, 0.2) is 0 Å². The van der Waals surface area contributed by atoms with Crippen molar-refractivity contribution in [3.05, 3.63) is 39.4 Å². The molecule has 0 aliphatic heterocycles. The molecule has 0 spiro atoms. The van der Waals surface area contributed by atoms with E-state index in [2.05, 4.69) is 20.8 Å². The monoisotopic (exact) mass is 474 g/mol. The molecule has 0 aromatic carbocycles. The first-order chi connectivity index (χ1) is 15.7. The van der Waals surface area contributed by atoms with Crippen LogP contribution in [-0.4, -0.2) is 42.2 Å². The van der Waals surface area contributed by atoms with Crippen molar-refractivity contribution in [2.45, 2.75) is 44.9 Å². The molecular formula is C22H26N4O4S2. The number of nitrogens with zero attached hydrogens (tertiary/aromatic N) is 2. The zero-order valence-electron chi connectivity index (χ0n) is 17.9. The summed E-state index contributed by atoms with van der Waals surface area (Å²) in [5.74, 6) is 0.653. The number of methoxy groups -OCH3 is 1. The minimum Gasteiger partial charge on any atom is -0.385 e. The number of anilines is 1. The van der Waals surface area contributed by atoms with Gasteiger partial charge in [0.2, 0.25) is 17.6 Å². The Labute approximate surface area is 194 Å². The molecular weight excluding hydrogens is 448 g/mol. The molecule has 0 atom stereocenters. The van der Waals surface area contributed by atoms with Crippen LogP contribution in [0.2, 0.25) is 0 Å². The van der Waals surface area contributed by atoms with Gasteiger partial charge in [-0.15, -0.1) is 22.7 Å². The van der Waals surface area contributed by atoms with Crippen molar-refractivity contribution in [2.75, 3.05) is 25.6 Å². The van der Waals surface area contributed by atoms with Gasteiger partial charge in [0.05, 0.1) is 10.4 Å². The second-order valence-corrected chi connectivity index (χ2v) is 9.61. The first kappa shape index (κ1) is 22.6. The fraction of sp³-hybridized carbons (Fsp3) is 0.455. The van der Waals surface area contributed by atoms with Gasteiger partial charge in [-0.25, -0.2) is 0 Å². The van der Waals surface area contributed by atoms with Crippen LogP contribution in [0.5, 0.6) is 0 Å². The van der Waals surface area contributed by atoms with E-state index in [9.17, 15) is 9.59 Å². The average molecular weight is 475 g/mol. The molecule has 3 aromatic rings. The number of carbonyl (C=O) groups excluding carboxylic acids is 2. The van der Waals surface area contributed by atoms with Gasteiger partial charge in [-0.1, -0.05) is 11.2 Å². The largest absolute Gasteiger partial charge is 0.385 e. The maximum atomic E-state index is 12.9. The molecule has 0 radical (unpaired) electrons. The number of hydrogen-bond donors (Lipinski definition) is 2. The third kappa shape index (κ3) is 5.43. The Morgan fingerprint density at radius 1 is 1.28 bits per heavy atom. The maximum absolute atomic E-state index is 12.9. The highest BCUT2D eigenvalue weighted by molar-refractivity contribution is 7.17. The van der Waals surface area contributed by atoms with Crippen LogP contribution in [-0.2, 0) is 28.8 Å². The van der Waals surface area contributed by atoms with Gasteiger partial charge >= 0.3 is 0 Å². The summed E-state index contributed by atoms with van der Waals surface area (Å²) in [7, 11) is 1.64. The van der Waals surface area contributed by atoms with E-state index >= 15 is 0 Å². The van der Waals surface area contributed by atoms with Crippen LogP contribution in [0.1, 0.15) is 52.4 Å². The fourth-order valence-electron chi connectivity index (χ4n) is 3.67. The van der Waals surface area contributed by atoms with Gasteiger partial charge in [-0.05, 0) is 49.1 Å². The first-order valence-corrected chi connectivity index (χ1v) is 12.4. The summed E-state index contributed by atoms with van der Waals surface area (Å²) < 4.78 is 10.3. The lowest BCUT2D eigenvalue weighted by Crippen LogP contribution is -2.27. The normalized spacial score (nSPS) is 13.0. The average Bonchev–Trinajstić information content (AvgIpc) is 3.54. The zero-order valence-corrected chi connectivity index (χ0v) is 19.6. The Bertz CT molecular complexity index is 1060. The lowest BCUT2D eigenvalue weighted by atomic mass is 9.95. The van der Waals surface area contributed by atoms with Crippen LogP contribution in [0.15, 0.2) is 22.0 Å². The van der Waals surface area contributed by atoms with Crippen LogP contribution in [0, 0.1) is 0 Å². The van der Waals surface area contributed by atoms with Crippen LogP contribution in [0.25, 0.3) is 10.7 Å². The lowest BCUT2D eigenvalue weighted by Gasteiger charge is -2.13. The summed E-state index contributed by atoms with van der Waals surface area (Å²) in [6, 6.07) is 3.85. The number of thiophene rings is 2. The lowest BCUT2D eigenvalue weighted by molar-refractivity contribution is -0.116. The molecule has 3 aromatic heterocycles. The molecule has 0 saturated heterocycles. The Hall–Kier alpha value is -2.56. The van der Waals surface area contributed by atoms with Crippen LogP contribution in [0.4, 0.5) is 5.00 Å². The molecule has 3 heterocycles. The molecule has 1 aliphatic rings. The van der Waals surface area contributed by atoms with E-state index in [4.69, 9.17) is 9.26 Å². The number of fused-ring (bicyclic) bond motifs is 1. The minimum absolute atomic E-state index is 0.131. The third-order valence-corrected chi connectivity index (χ3v) is 7.31. The fourth-order valence-corrected chi connectivity index (χ4v) is 5.62. The molecule has 0 saturated carbocycles. The van der Waals surface area contributed by atoms with Crippen molar-refractivity contribution >= 4 is 39.5 Å². The smallest absolute Gasteiger partial charge is 0.254 e. The number of nitrogens with one attached hydrogen (secondary N) is 2. The SMILES string of the molecule is COCCCNC(=O)c1c(NC(=O)CCc2nc(-c3cccs3)no2)sc2c1CCCC2. The molecule has 0 fully saturated rings. The Morgan fingerprint density at radius 3 is 2.97 bits per heavy atom. The predicted molar refractivity (Wildman–Crippen MR) is 124 cm³/mol. The van der Waals surface area contributed by atoms with Crippen molar-refractivity contribution in [2.24, 2.45) is 0 Å². The molecule has 0 unspecified atom stereocenters. The van der Waals surface area contributed by atoms with E-state index in [0.29, 0.717) is 41.9 Å². The molecule has 170 valence electrons. The summed E-state index contributed by atoms with van der Waals surface area (Å²) in [4.78, 5) is 32.1. The summed E-state index contributed by atoms with van der Waals surface area (Å²) in [6.45, 7) is 1.13. The van der Waals surface area contributed by atoms with Crippen LogP contribution < -0.4 is 10.6 Å². The Balaban J connectivity index is 1.40. The quantitative estimate of drug-likeness (QED) is 0.429. The van der Waals surface area contributed by atoms with E-state index < -0.39 is 0 Å².